The first kappa shape index (κ1) is 15.3. The van der Waals surface area contributed by atoms with Crippen LogP contribution in [0.2, 0.25) is 0 Å². The summed E-state index contributed by atoms with van der Waals surface area (Å²) in [6.45, 7) is 3.25. The van der Waals surface area contributed by atoms with Gasteiger partial charge in [0.2, 0.25) is 10.0 Å². The molecule has 0 saturated heterocycles. The minimum atomic E-state index is -3.42. The van der Waals surface area contributed by atoms with Gasteiger partial charge in [-0.3, -0.25) is 0 Å². The zero-order valence-electron chi connectivity index (χ0n) is 10.6. The van der Waals surface area contributed by atoms with Gasteiger partial charge in [-0.05, 0) is 18.7 Å². The third-order valence-electron chi connectivity index (χ3n) is 2.20. The molecular weight excluding hydrogens is 270 g/mol. The Morgan fingerprint density at radius 3 is 2.83 bits per heavy atom. The fourth-order valence-corrected chi connectivity index (χ4v) is 2.77. The number of sulfonamides is 1. The normalized spacial score (nSPS) is 11.4. The number of pyridine rings is 1. The Balaban J connectivity index is 2.75. The summed E-state index contributed by atoms with van der Waals surface area (Å²) in [5, 5.41) is 3.07. The molecule has 2 N–H and O–H groups in total. The van der Waals surface area contributed by atoms with Crippen molar-refractivity contribution in [3.8, 4) is 0 Å². The third-order valence-corrected chi connectivity index (χ3v) is 4.27. The Labute approximate surface area is 113 Å². The van der Waals surface area contributed by atoms with Crippen LogP contribution in [0.1, 0.15) is 13.3 Å². The van der Waals surface area contributed by atoms with Crippen LogP contribution < -0.4 is 10.0 Å². The Morgan fingerprint density at radius 2 is 2.17 bits per heavy atom. The summed E-state index contributed by atoms with van der Waals surface area (Å²) in [6, 6.07) is 3.05. The molecule has 0 aliphatic heterocycles. The second-order valence-electron chi connectivity index (χ2n) is 3.69. The van der Waals surface area contributed by atoms with Gasteiger partial charge in [0.1, 0.15) is 5.82 Å². The average Bonchev–Trinajstić information content (AvgIpc) is 2.37. The van der Waals surface area contributed by atoms with Gasteiger partial charge in [0.25, 0.3) is 0 Å². The van der Waals surface area contributed by atoms with E-state index in [1.165, 1.54) is 12.3 Å². The molecule has 0 bridgehead atoms. The van der Waals surface area contributed by atoms with Crippen molar-refractivity contribution in [2.75, 3.05) is 30.4 Å². The van der Waals surface area contributed by atoms with Crippen molar-refractivity contribution in [2.45, 2.75) is 18.2 Å². The summed E-state index contributed by atoms with van der Waals surface area (Å²) < 4.78 is 26.5. The maximum absolute atomic E-state index is 12.0. The number of nitrogens with zero attached hydrogens (tertiary/aromatic N) is 1. The van der Waals surface area contributed by atoms with Gasteiger partial charge >= 0.3 is 0 Å². The predicted molar refractivity (Wildman–Crippen MR) is 76.6 cm³/mol. The van der Waals surface area contributed by atoms with Crippen molar-refractivity contribution in [3.63, 3.8) is 0 Å². The molecule has 0 aliphatic carbocycles. The van der Waals surface area contributed by atoms with E-state index in [2.05, 4.69) is 15.0 Å². The Kier molecular flexibility index (Phi) is 6.45. The standard InChI is InChI=1S/C11H19N3O2S2/c1-3-5-12-11-9-10(4-6-13-11)18(15,16)14-7-8-17-2/h4,6,9,14H,3,5,7-8H2,1-2H3,(H,12,13). The van der Waals surface area contributed by atoms with E-state index in [0.717, 1.165) is 18.7 Å². The van der Waals surface area contributed by atoms with Gasteiger partial charge in [0.05, 0.1) is 4.90 Å². The van der Waals surface area contributed by atoms with Gasteiger partial charge in [-0.1, -0.05) is 6.92 Å². The molecule has 5 nitrogen and oxygen atoms in total. The maximum atomic E-state index is 12.0. The third kappa shape index (κ3) is 4.83. The number of hydrogen-bond acceptors (Lipinski definition) is 5. The summed E-state index contributed by atoms with van der Waals surface area (Å²) >= 11 is 1.60. The largest absolute Gasteiger partial charge is 0.370 e. The second-order valence-corrected chi connectivity index (χ2v) is 6.45. The second kappa shape index (κ2) is 7.60. The number of thioether (sulfide) groups is 1. The summed E-state index contributed by atoms with van der Waals surface area (Å²) in [4.78, 5) is 4.33. The van der Waals surface area contributed by atoms with E-state index in [9.17, 15) is 8.42 Å². The highest BCUT2D eigenvalue weighted by Gasteiger charge is 2.13. The van der Waals surface area contributed by atoms with Crippen molar-refractivity contribution in [1.82, 2.24) is 9.71 Å². The zero-order valence-corrected chi connectivity index (χ0v) is 12.3. The molecule has 1 aromatic rings. The quantitative estimate of drug-likeness (QED) is 0.710. The first-order chi connectivity index (χ1) is 8.60. The highest BCUT2D eigenvalue weighted by Crippen LogP contribution is 2.12. The van der Waals surface area contributed by atoms with Crippen LogP contribution in [0.25, 0.3) is 0 Å². The van der Waals surface area contributed by atoms with Crippen LogP contribution in [-0.2, 0) is 10.0 Å². The lowest BCUT2D eigenvalue weighted by atomic mass is 10.4. The fourth-order valence-electron chi connectivity index (χ4n) is 1.29. The van der Waals surface area contributed by atoms with Crippen molar-refractivity contribution in [2.24, 2.45) is 0 Å². The van der Waals surface area contributed by atoms with Gasteiger partial charge in [-0.2, -0.15) is 11.8 Å². The summed E-state index contributed by atoms with van der Waals surface area (Å²) in [7, 11) is -3.42. The molecule has 0 saturated carbocycles. The fraction of sp³-hybridized carbons (Fsp3) is 0.545. The lowest BCUT2D eigenvalue weighted by molar-refractivity contribution is 0.584. The van der Waals surface area contributed by atoms with E-state index >= 15 is 0 Å². The number of hydrogen-bond donors (Lipinski definition) is 2. The van der Waals surface area contributed by atoms with Crippen LogP contribution in [0.3, 0.4) is 0 Å². The van der Waals surface area contributed by atoms with Gasteiger partial charge in [0.15, 0.2) is 0 Å². The topological polar surface area (TPSA) is 71.1 Å². The lowest BCUT2D eigenvalue weighted by Gasteiger charge is -2.08. The number of nitrogens with one attached hydrogen (secondary N) is 2. The molecule has 0 aliphatic rings. The monoisotopic (exact) mass is 289 g/mol. The van der Waals surface area contributed by atoms with Crippen molar-refractivity contribution >= 4 is 27.6 Å². The van der Waals surface area contributed by atoms with Crippen molar-refractivity contribution in [3.05, 3.63) is 18.3 Å². The predicted octanol–water partition coefficient (Wildman–Crippen LogP) is 1.54. The van der Waals surface area contributed by atoms with E-state index in [0.29, 0.717) is 12.4 Å². The molecule has 0 radical (unpaired) electrons. The molecule has 0 unspecified atom stereocenters. The molecule has 18 heavy (non-hydrogen) atoms. The maximum Gasteiger partial charge on any atom is 0.240 e. The Hall–Kier alpha value is -0.790. The van der Waals surface area contributed by atoms with Crippen LogP contribution in [-0.4, -0.2) is 38.5 Å². The molecule has 0 amide bonds. The summed E-state index contributed by atoms with van der Waals surface area (Å²) in [5.74, 6) is 1.34. The van der Waals surface area contributed by atoms with Gasteiger partial charge < -0.3 is 5.32 Å². The highest BCUT2D eigenvalue weighted by atomic mass is 32.2. The summed E-state index contributed by atoms with van der Waals surface area (Å²) in [6.07, 6.45) is 4.40. The van der Waals surface area contributed by atoms with Crippen LogP contribution in [0, 0.1) is 0 Å². The first-order valence-electron chi connectivity index (χ1n) is 5.78. The van der Waals surface area contributed by atoms with E-state index in [1.54, 1.807) is 17.8 Å². The highest BCUT2D eigenvalue weighted by molar-refractivity contribution is 7.98. The van der Waals surface area contributed by atoms with Crippen LogP contribution >= 0.6 is 11.8 Å². The number of rotatable bonds is 8. The first-order valence-corrected chi connectivity index (χ1v) is 8.66. The van der Waals surface area contributed by atoms with Gasteiger partial charge in [0, 0.05) is 31.1 Å². The molecule has 0 spiro atoms. The molecule has 0 atom stereocenters. The molecule has 0 aromatic carbocycles. The summed E-state index contributed by atoms with van der Waals surface area (Å²) in [5.41, 5.74) is 0. The molecule has 1 rings (SSSR count). The molecule has 1 aromatic heterocycles. The smallest absolute Gasteiger partial charge is 0.240 e. The van der Waals surface area contributed by atoms with Crippen LogP contribution in [0.4, 0.5) is 5.82 Å². The lowest BCUT2D eigenvalue weighted by Crippen LogP contribution is -2.26. The SMILES string of the molecule is CCCNc1cc(S(=O)(=O)NCCSC)ccn1. The number of aromatic nitrogens is 1. The zero-order chi connectivity index (χ0) is 13.4. The van der Waals surface area contributed by atoms with E-state index in [1.807, 2.05) is 13.2 Å². The molecule has 0 fully saturated rings. The minimum absolute atomic E-state index is 0.247. The average molecular weight is 289 g/mol. The van der Waals surface area contributed by atoms with Crippen LogP contribution in [0.15, 0.2) is 23.2 Å². The van der Waals surface area contributed by atoms with Crippen molar-refractivity contribution < 1.29 is 8.42 Å². The van der Waals surface area contributed by atoms with E-state index in [4.69, 9.17) is 0 Å². The number of anilines is 1. The Bertz CT molecular complexity index is 463. The minimum Gasteiger partial charge on any atom is -0.370 e. The van der Waals surface area contributed by atoms with Gasteiger partial charge in [-0.15, -0.1) is 0 Å². The molecule has 1 heterocycles. The van der Waals surface area contributed by atoms with E-state index in [-0.39, 0.29) is 4.90 Å². The van der Waals surface area contributed by atoms with Crippen LogP contribution in [0.5, 0.6) is 0 Å². The van der Waals surface area contributed by atoms with E-state index < -0.39 is 10.0 Å². The molecule has 102 valence electrons. The molecule has 7 heteroatoms. The van der Waals surface area contributed by atoms with Gasteiger partial charge in [-0.25, -0.2) is 18.1 Å². The van der Waals surface area contributed by atoms with Crippen molar-refractivity contribution in [1.29, 1.82) is 0 Å². The Morgan fingerprint density at radius 1 is 1.39 bits per heavy atom. The molecular formula is C11H19N3O2S2.